The van der Waals surface area contributed by atoms with Crippen LogP contribution < -0.4 is 34.3 Å². The first-order valence-corrected chi connectivity index (χ1v) is 25.9. The van der Waals surface area contributed by atoms with E-state index in [2.05, 4.69) is 67.9 Å². The summed E-state index contributed by atoms with van der Waals surface area (Å²) in [5.74, 6) is 7.75. The van der Waals surface area contributed by atoms with Crippen LogP contribution >= 0.6 is 47.3 Å². The predicted molar refractivity (Wildman–Crippen MR) is 289 cm³/mol. The van der Waals surface area contributed by atoms with E-state index in [1.165, 1.54) is 0 Å². The van der Waals surface area contributed by atoms with Crippen LogP contribution in [0.15, 0.2) is 97.3 Å². The molecule has 18 nitrogen and oxygen atoms in total. The highest BCUT2D eigenvalue weighted by atomic mass is 79.9. The lowest BCUT2D eigenvalue weighted by Crippen LogP contribution is -2.28. The number of hydrogen-bond donors (Lipinski definition) is 3. The van der Waals surface area contributed by atoms with Crippen LogP contribution in [-0.4, -0.2) is 119 Å². The van der Waals surface area contributed by atoms with Gasteiger partial charge in [0.1, 0.15) is 61.2 Å². The van der Waals surface area contributed by atoms with Crippen molar-refractivity contribution in [2.45, 2.75) is 45.2 Å². The van der Waals surface area contributed by atoms with E-state index in [0.29, 0.717) is 73.0 Å². The molecule has 12 rings (SSSR count). The summed E-state index contributed by atoms with van der Waals surface area (Å²) in [5, 5.41) is 16.9. The number of anilines is 2. The van der Waals surface area contributed by atoms with Gasteiger partial charge in [-0.05, 0) is 98.5 Å². The Morgan fingerprint density at radius 1 is 0.556 bits per heavy atom. The maximum atomic E-state index is 10.0. The maximum Gasteiger partial charge on any atom is 0.369 e. The fourth-order valence-corrected chi connectivity index (χ4v) is 8.61. The SMILES string of the molecule is BrB(Br)Br.C.COc1ccc2c(c1)nc(-c1ccc3c(c1)OCCO3)n2-c1ccnc(NC2CCOCC2)n1.Oc1ccc2c(c1)nc(-c1ccc3c(c1)OCCO3)n2-c1ccnc(NC2CCOCC2)n1. The Kier molecular flexibility index (Phi) is 16.6. The van der Waals surface area contributed by atoms with Crippen LogP contribution in [0.2, 0.25) is 0 Å². The van der Waals surface area contributed by atoms with Crippen LogP contribution in [0, 0.1) is 0 Å². The molecule has 4 aromatic heterocycles. The highest BCUT2D eigenvalue weighted by molar-refractivity contribution is 9.69. The van der Waals surface area contributed by atoms with Crippen molar-refractivity contribution in [3.8, 4) is 68.9 Å². The van der Waals surface area contributed by atoms with E-state index in [1.807, 2.05) is 81.9 Å². The van der Waals surface area contributed by atoms with Gasteiger partial charge in [-0.15, -0.1) is 47.3 Å². The first-order chi connectivity index (χ1) is 34.8. The Morgan fingerprint density at radius 2 is 1.00 bits per heavy atom. The Hall–Kier alpha value is -6.20. The number of phenols is 1. The molecule has 22 heteroatoms. The summed E-state index contributed by atoms with van der Waals surface area (Å²) in [5.41, 5.74) is 4.97. The van der Waals surface area contributed by atoms with E-state index in [4.69, 9.17) is 53.1 Å². The smallest absolute Gasteiger partial charge is 0.369 e. The minimum Gasteiger partial charge on any atom is -0.508 e. The average Bonchev–Trinajstić information content (AvgIpc) is 3.98. The molecule has 2 fully saturated rings. The molecule has 4 aliphatic rings. The molecule has 8 aromatic rings. The Morgan fingerprint density at radius 3 is 1.47 bits per heavy atom. The fourth-order valence-electron chi connectivity index (χ4n) is 8.61. The van der Waals surface area contributed by atoms with Crippen molar-refractivity contribution in [3.05, 3.63) is 97.3 Å². The van der Waals surface area contributed by atoms with Crippen molar-refractivity contribution in [2.24, 2.45) is 0 Å². The summed E-state index contributed by atoms with van der Waals surface area (Å²) in [7, 11) is 1.65. The molecule has 3 N–H and O–H groups in total. The minimum atomic E-state index is 0. The normalized spacial score (nSPS) is 15.3. The summed E-state index contributed by atoms with van der Waals surface area (Å²) in [6, 6.07) is 27.0. The number of nitrogens with zero attached hydrogens (tertiary/aromatic N) is 8. The molecule has 374 valence electrons. The van der Waals surface area contributed by atoms with Crippen LogP contribution in [0.4, 0.5) is 11.9 Å². The van der Waals surface area contributed by atoms with Gasteiger partial charge in [0.25, 0.3) is 0 Å². The zero-order valence-electron chi connectivity index (χ0n) is 38.5. The summed E-state index contributed by atoms with van der Waals surface area (Å²) in [4.78, 5) is 28.3. The number of imidazole rings is 2. The van der Waals surface area contributed by atoms with Crippen LogP contribution in [0.5, 0.6) is 34.5 Å². The number of ether oxygens (including phenoxy) is 7. The van der Waals surface area contributed by atoms with Gasteiger partial charge in [-0.25, -0.2) is 19.9 Å². The van der Waals surface area contributed by atoms with Gasteiger partial charge in [0.2, 0.25) is 11.9 Å². The number of benzene rings is 4. The van der Waals surface area contributed by atoms with Crippen LogP contribution in [0.3, 0.4) is 0 Å². The third-order valence-corrected chi connectivity index (χ3v) is 11.9. The molecule has 0 saturated carbocycles. The minimum absolute atomic E-state index is 0. The molecule has 0 bridgehead atoms. The number of rotatable bonds is 9. The molecule has 2 saturated heterocycles. The lowest BCUT2D eigenvalue weighted by atomic mass is 10.1. The first-order valence-electron chi connectivity index (χ1n) is 23.1. The third kappa shape index (κ3) is 11.8. The lowest BCUT2D eigenvalue weighted by molar-refractivity contribution is 0.0902. The maximum absolute atomic E-state index is 10.0. The summed E-state index contributed by atoms with van der Waals surface area (Å²) < 4.78 is 43.6. The van der Waals surface area contributed by atoms with Crippen molar-refractivity contribution in [1.82, 2.24) is 39.0 Å². The highest BCUT2D eigenvalue weighted by Crippen LogP contribution is 2.39. The van der Waals surface area contributed by atoms with Gasteiger partial charge in [-0.1, -0.05) is 7.43 Å². The third-order valence-electron chi connectivity index (χ3n) is 11.9. The Bertz CT molecular complexity index is 3130. The molecule has 0 radical (unpaired) electrons. The van der Waals surface area contributed by atoms with Crippen LogP contribution in [0.25, 0.3) is 56.5 Å². The highest BCUT2D eigenvalue weighted by Gasteiger charge is 2.23. The van der Waals surface area contributed by atoms with Gasteiger partial charge in [0.05, 0.1) is 29.2 Å². The summed E-state index contributed by atoms with van der Waals surface area (Å²) >= 11 is 9.31. The van der Waals surface area contributed by atoms with Gasteiger partial charge in [-0.2, -0.15) is 9.97 Å². The van der Waals surface area contributed by atoms with E-state index >= 15 is 0 Å². The second-order valence-corrected chi connectivity index (χ2v) is 23.0. The average molecular weight is 1170 g/mol. The Labute approximate surface area is 441 Å². The molecular weight excluding hydrogens is 1120 g/mol. The van der Waals surface area contributed by atoms with Gasteiger partial charge in [0.15, 0.2) is 23.0 Å². The number of aromatic nitrogens is 8. The first kappa shape index (κ1) is 50.7. The van der Waals surface area contributed by atoms with E-state index in [0.717, 1.165) is 109 Å². The van der Waals surface area contributed by atoms with E-state index in [9.17, 15) is 5.11 Å². The Balaban J connectivity index is 0.000000164. The molecule has 0 spiro atoms. The van der Waals surface area contributed by atoms with Gasteiger partial charge in [-0.3, -0.25) is 9.13 Å². The second-order valence-electron chi connectivity index (χ2n) is 16.6. The molecule has 0 unspecified atom stereocenters. The molecule has 4 aromatic carbocycles. The molecule has 0 amide bonds. The van der Waals surface area contributed by atoms with E-state index in [-0.39, 0.29) is 22.4 Å². The van der Waals surface area contributed by atoms with Gasteiger partial charge in [0, 0.05) is 74.2 Å². The van der Waals surface area contributed by atoms with Crippen molar-refractivity contribution >= 4 is 84.4 Å². The monoisotopic (exact) mass is 1170 g/mol. The number of methoxy groups -OCH3 is 1. The van der Waals surface area contributed by atoms with Crippen LogP contribution in [0.1, 0.15) is 33.1 Å². The molecule has 4 aliphatic heterocycles. The van der Waals surface area contributed by atoms with Gasteiger partial charge < -0.3 is 48.9 Å². The summed E-state index contributed by atoms with van der Waals surface area (Å²) in [6.07, 6.45) is 7.22. The number of phenolic OH excluding ortho intramolecular Hbond substituents is 1. The predicted octanol–water partition coefficient (Wildman–Crippen LogP) is 10.2. The zero-order valence-corrected chi connectivity index (χ0v) is 43.2. The second kappa shape index (κ2) is 23.6. The van der Waals surface area contributed by atoms with Gasteiger partial charge >= 0.3 is 3.18 Å². The lowest BCUT2D eigenvalue weighted by Gasteiger charge is -2.23. The quantitative estimate of drug-likeness (QED) is 0.115. The number of fused-ring (bicyclic) bond motifs is 4. The number of halogens is 3. The van der Waals surface area contributed by atoms with Crippen molar-refractivity contribution in [1.29, 1.82) is 0 Å². The van der Waals surface area contributed by atoms with Crippen molar-refractivity contribution in [3.63, 3.8) is 0 Å². The van der Waals surface area contributed by atoms with E-state index in [1.54, 1.807) is 31.6 Å². The molecular formula is C50H52BBr3N10O8. The molecule has 8 heterocycles. The standard InChI is InChI=1S/C25H25N5O4.C24H23N5O4.CH4.BBr3/c1-31-18-3-4-20-19(15-18)28-24(16-2-5-21-22(14-16)34-13-12-33-21)30(20)23-6-9-26-25(29-23)27-17-7-10-32-11-8-17;30-17-2-3-19-18(14-17)27-23(15-1-4-20-21(13-15)33-12-11-32-20)29(19)22-5-8-25-24(28-22)26-16-6-9-31-10-7-16;;2-1(3)4/h2-6,9,14-15,17H,7-8,10-13H2,1H3,(H,26,27,29);1-5,8,13-14,16,30H,6-7,9-12H2,(H,25,26,28);1H4;. The summed E-state index contributed by atoms with van der Waals surface area (Å²) in [6.45, 7) is 5.09. The molecule has 72 heavy (non-hydrogen) atoms. The number of nitrogens with one attached hydrogen (secondary N) is 2. The van der Waals surface area contributed by atoms with Crippen molar-refractivity contribution < 1.29 is 38.3 Å². The zero-order chi connectivity index (χ0) is 48.7. The van der Waals surface area contributed by atoms with E-state index < -0.39 is 0 Å². The molecule has 0 atom stereocenters. The number of aromatic hydroxyl groups is 1. The fraction of sp³-hybridized carbons (Fsp3) is 0.320. The molecule has 0 aliphatic carbocycles. The topological polar surface area (TPSA) is 196 Å². The largest absolute Gasteiger partial charge is 0.508 e. The van der Waals surface area contributed by atoms with Crippen LogP contribution in [-0.2, 0) is 9.47 Å². The van der Waals surface area contributed by atoms with Crippen molar-refractivity contribution in [2.75, 3.05) is 70.6 Å². The number of hydrogen-bond acceptors (Lipinski definition) is 16.